The Bertz CT molecular complexity index is 1020. The number of amides is 1. The number of aliphatic hydroxyl groups excluding tert-OH is 1. The van der Waals surface area contributed by atoms with E-state index in [1.165, 1.54) is 25.4 Å². The molecule has 0 saturated carbocycles. The number of rotatable bonds is 6. The summed E-state index contributed by atoms with van der Waals surface area (Å²) in [5.74, 6) is -0.599. The van der Waals surface area contributed by atoms with E-state index in [2.05, 4.69) is 25.3 Å². The maximum Gasteiger partial charge on any atom is 0.405 e. The number of hydrogen-bond donors (Lipinski definition) is 4. The lowest BCUT2D eigenvalue weighted by Crippen LogP contribution is -2.48. The first-order valence-corrected chi connectivity index (χ1v) is 8.77. The first-order chi connectivity index (χ1) is 13.6. The molecule has 0 aliphatic heterocycles. The number of carbonyl (C=O) groups is 1. The number of aromatic amines is 1. The molecule has 0 aliphatic carbocycles. The summed E-state index contributed by atoms with van der Waals surface area (Å²) in [6.07, 6.45) is -1.32. The summed E-state index contributed by atoms with van der Waals surface area (Å²) in [5, 5.41) is 15.3. The van der Waals surface area contributed by atoms with E-state index in [-0.39, 0.29) is 11.6 Å². The molecule has 3 aromatic rings. The SMILES string of the molecule is C[C@@H](O)[C@@H](Nc1ccnc(-c2c[nH]c3ncc(Cl)cc23)n1)C(=O)NCC(F)(F)F. The van der Waals surface area contributed by atoms with Gasteiger partial charge in [-0.2, -0.15) is 13.2 Å². The van der Waals surface area contributed by atoms with E-state index in [0.717, 1.165) is 0 Å². The summed E-state index contributed by atoms with van der Waals surface area (Å²) in [7, 11) is 0. The highest BCUT2D eigenvalue weighted by molar-refractivity contribution is 6.31. The molecule has 29 heavy (non-hydrogen) atoms. The number of anilines is 1. The van der Waals surface area contributed by atoms with Gasteiger partial charge in [0.15, 0.2) is 5.82 Å². The average molecular weight is 429 g/mol. The molecule has 4 N–H and O–H groups in total. The second-order valence-electron chi connectivity index (χ2n) is 6.21. The molecule has 154 valence electrons. The molecule has 12 heteroatoms. The Hall–Kier alpha value is -2.92. The van der Waals surface area contributed by atoms with Crippen molar-refractivity contribution in [3.8, 4) is 11.4 Å². The van der Waals surface area contributed by atoms with E-state index in [1.54, 1.807) is 17.6 Å². The molecule has 3 heterocycles. The van der Waals surface area contributed by atoms with Gasteiger partial charge in [-0.15, -0.1) is 0 Å². The molecule has 0 fully saturated rings. The number of fused-ring (bicyclic) bond motifs is 1. The fourth-order valence-corrected chi connectivity index (χ4v) is 2.75. The minimum absolute atomic E-state index is 0.146. The lowest BCUT2D eigenvalue weighted by atomic mass is 10.1. The lowest BCUT2D eigenvalue weighted by molar-refractivity contribution is -0.140. The van der Waals surface area contributed by atoms with E-state index < -0.39 is 30.8 Å². The predicted molar refractivity (Wildman–Crippen MR) is 100 cm³/mol. The summed E-state index contributed by atoms with van der Waals surface area (Å²) in [6, 6.07) is 1.76. The molecule has 8 nitrogen and oxygen atoms in total. The van der Waals surface area contributed by atoms with E-state index in [9.17, 15) is 23.1 Å². The van der Waals surface area contributed by atoms with Crippen molar-refractivity contribution in [2.45, 2.75) is 25.2 Å². The molecule has 0 unspecified atom stereocenters. The first kappa shape index (κ1) is 20.8. The van der Waals surface area contributed by atoms with Gasteiger partial charge in [-0.25, -0.2) is 15.0 Å². The molecule has 3 aromatic heterocycles. The van der Waals surface area contributed by atoms with Crippen LogP contribution >= 0.6 is 11.6 Å². The topological polar surface area (TPSA) is 116 Å². The predicted octanol–water partition coefficient (Wildman–Crippen LogP) is 2.51. The highest BCUT2D eigenvalue weighted by Crippen LogP contribution is 2.27. The van der Waals surface area contributed by atoms with Crippen molar-refractivity contribution >= 4 is 34.4 Å². The second kappa shape index (κ2) is 8.21. The minimum Gasteiger partial charge on any atom is -0.391 e. The van der Waals surface area contributed by atoms with Crippen LogP contribution in [0.25, 0.3) is 22.4 Å². The minimum atomic E-state index is -4.56. The number of alkyl halides is 3. The Labute approximate surface area is 167 Å². The summed E-state index contributed by atoms with van der Waals surface area (Å²) < 4.78 is 37.0. The number of carbonyl (C=O) groups excluding carboxylic acids is 1. The molecular weight excluding hydrogens is 413 g/mol. The van der Waals surface area contributed by atoms with Crippen molar-refractivity contribution in [3.05, 3.63) is 35.7 Å². The Morgan fingerprint density at radius 3 is 2.83 bits per heavy atom. The Morgan fingerprint density at radius 1 is 1.38 bits per heavy atom. The molecule has 0 bridgehead atoms. The van der Waals surface area contributed by atoms with Crippen molar-refractivity contribution in [1.82, 2.24) is 25.3 Å². The Morgan fingerprint density at radius 2 is 2.14 bits per heavy atom. The molecule has 1 amide bonds. The number of nitrogens with one attached hydrogen (secondary N) is 3. The third kappa shape index (κ3) is 5.12. The number of nitrogens with zero attached hydrogens (tertiary/aromatic N) is 3. The number of pyridine rings is 1. The highest BCUT2D eigenvalue weighted by atomic mass is 35.5. The van der Waals surface area contributed by atoms with Crippen LogP contribution in [0.15, 0.2) is 30.7 Å². The van der Waals surface area contributed by atoms with Crippen molar-refractivity contribution < 1.29 is 23.1 Å². The molecular formula is C17H16ClF3N6O2. The van der Waals surface area contributed by atoms with Gasteiger partial charge in [0.05, 0.1) is 11.1 Å². The first-order valence-electron chi connectivity index (χ1n) is 8.39. The zero-order valence-corrected chi connectivity index (χ0v) is 15.7. The average Bonchev–Trinajstić information content (AvgIpc) is 3.06. The van der Waals surface area contributed by atoms with Crippen LogP contribution in [-0.4, -0.2) is 55.8 Å². The number of aromatic nitrogens is 4. The van der Waals surface area contributed by atoms with Gasteiger partial charge in [-0.3, -0.25) is 4.79 Å². The smallest absolute Gasteiger partial charge is 0.391 e. The molecule has 0 radical (unpaired) electrons. The fraction of sp³-hybridized carbons (Fsp3) is 0.294. The van der Waals surface area contributed by atoms with Crippen molar-refractivity contribution in [1.29, 1.82) is 0 Å². The Balaban J connectivity index is 1.84. The fourth-order valence-electron chi connectivity index (χ4n) is 2.59. The van der Waals surface area contributed by atoms with Crippen molar-refractivity contribution in [3.63, 3.8) is 0 Å². The van der Waals surface area contributed by atoms with Gasteiger partial charge in [-0.1, -0.05) is 11.6 Å². The van der Waals surface area contributed by atoms with E-state index >= 15 is 0 Å². The van der Waals surface area contributed by atoms with Crippen molar-refractivity contribution in [2.75, 3.05) is 11.9 Å². The maximum atomic E-state index is 12.3. The molecule has 0 spiro atoms. The molecule has 0 aromatic carbocycles. The number of halogens is 4. The summed E-state index contributed by atoms with van der Waals surface area (Å²) in [4.78, 5) is 27.6. The van der Waals surface area contributed by atoms with Gasteiger partial charge in [-0.05, 0) is 19.1 Å². The number of aliphatic hydroxyl groups is 1. The van der Waals surface area contributed by atoms with E-state index in [0.29, 0.717) is 21.6 Å². The largest absolute Gasteiger partial charge is 0.405 e. The van der Waals surface area contributed by atoms with Crippen LogP contribution in [0.5, 0.6) is 0 Å². The summed E-state index contributed by atoms with van der Waals surface area (Å²) >= 11 is 5.98. The van der Waals surface area contributed by atoms with Crippen LogP contribution in [0.3, 0.4) is 0 Å². The van der Waals surface area contributed by atoms with Crippen LogP contribution in [0.4, 0.5) is 19.0 Å². The number of H-pyrrole nitrogens is 1. The van der Waals surface area contributed by atoms with Gasteiger partial charge < -0.3 is 20.7 Å². The van der Waals surface area contributed by atoms with Crippen LogP contribution in [-0.2, 0) is 4.79 Å². The quantitative estimate of drug-likeness (QED) is 0.479. The molecule has 2 atom stereocenters. The standard InChI is InChI=1S/C17H16ClF3N6O2/c1-8(28)13(16(29)25-7-17(19,20)21)26-12-2-3-22-15(27-12)11-6-24-14-10(11)4-9(18)5-23-14/h2-6,8,13,28H,7H2,1H3,(H,23,24)(H,25,29)(H,22,26,27)/t8-,13-/m1/s1. The van der Waals surface area contributed by atoms with Gasteiger partial charge in [0.25, 0.3) is 0 Å². The Kier molecular flexibility index (Phi) is 5.89. The van der Waals surface area contributed by atoms with Gasteiger partial charge >= 0.3 is 6.18 Å². The van der Waals surface area contributed by atoms with Gasteiger partial charge in [0.2, 0.25) is 5.91 Å². The zero-order valence-electron chi connectivity index (χ0n) is 15.0. The van der Waals surface area contributed by atoms with E-state index in [1.807, 2.05) is 0 Å². The zero-order chi connectivity index (χ0) is 21.2. The third-order valence-corrected chi connectivity index (χ3v) is 4.13. The van der Waals surface area contributed by atoms with Crippen LogP contribution in [0.2, 0.25) is 5.02 Å². The molecule has 0 aliphatic rings. The molecule has 3 rings (SSSR count). The normalized spacial score (nSPS) is 13.9. The van der Waals surface area contributed by atoms with E-state index in [4.69, 9.17) is 11.6 Å². The second-order valence-corrected chi connectivity index (χ2v) is 6.65. The third-order valence-electron chi connectivity index (χ3n) is 3.93. The van der Waals surface area contributed by atoms with Crippen LogP contribution in [0, 0.1) is 0 Å². The van der Waals surface area contributed by atoms with Crippen LogP contribution in [0.1, 0.15) is 6.92 Å². The molecule has 0 saturated heterocycles. The monoisotopic (exact) mass is 428 g/mol. The maximum absolute atomic E-state index is 12.3. The lowest BCUT2D eigenvalue weighted by Gasteiger charge is -2.21. The van der Waals surface area contributed by atoms with Gasteiger partial charge in [0.1, 0.15) is 24.1 Å². The van der Waals surface area contributed by atoms with Crippen molar-refractivity contribution in [2.24, 2.45) is 0 Å². The van der Waals surface area contributed by atoms with Crippen LogP contribution < -0.4 is 10.6 Å². The van der Waals surface area contributed by atoms with Gasteiger partial charge in [0, 0.05) is 29.5 Å². The number of hydrogen-bond acceptors (Lipinski definition) is 6. The summed E-state index contributed by atoms with van der Waals surface area (Å²) in [6.45, 7) is -0.227. The summed E-state index contributed by atoms with van der Waals surface area (Å²) in [5.41, 5.74) is 1.16. The highest BCUT2D eigenvalue weighted by Gasteiger charge is 2.31.